The van der Waals surface area contributed by atoms with E-state index in [1.807, 2.05) is 6.92 Å². The lowest BCUT2D eigenvalue weighted by Crippen LogP contribution is -1.89. The maximum absolute atomic E-state index is 9.43. The third-order valence-electron chi connectivity index (χ3n) is 1.90. The van der Waals surface area contributed by atoms with Crippen LogP contribution in [0.5, 0.6) is 17.2 Å². The molecule has 3 nitrogen and oxygen atoms in total. The number of phenols is 2. The topological polar surface area (TPSA) is 49.7 Å². The van der Waals surface area contributed by atoms with Gasteiger partial charge in [0.2, 0.25) is 0 Å². The summed E-state index contributed by atoms with van der Waals surface area (Å²) in [5.41, 5.74) is 0.803. The lowest BCUT2D eigenvalue weighted by Gasteiger charge is -2.07. The highest BCUT2D eigenvalue weighted by Crippen LogP contribution is 2.33. The summed E-state index contributed by atoms with van der Waals surface area (Å²) in [4.78, 5) is 0. The lowest BCUT2D eigenvalue weighted by atomic mass is 10.1. The Morgan fingerprint density at radius 3 is 2.46 bits per heavy atom. The fourth-order valence-corrected chi connectivity index (χ4v) is 1.23. The molecule has 1 aromatic carbocycles. The molecule has 1 rings (SSSR count). The SMILES string of the molecule is CCCc1cc(OC)c(O)cc1O. The van der Waals surface area contributed by atoms with Gasteiger partial charge >= 0.3 is 0 Å². The van der Waals surface area contributed by atoms with E-state index in [4.69, 9.17) is 4.74 Å². The lowest BCUT2D eigenvalue weighted by molar-refractivity contribution is 0.368. The first-order valence-corrected chi connectivity index (χ1v) is 4.27. The summed E-state index contributed by atoms with van der Waals surface area (Å²) in [6.45, 7) is 2.03. The highest BCUT2D eigenvalue weighted by Gasteiger charge is 2.07. The van der Waals surface area contributed by atoms with Gasteiger partial charge in [-0.3, -0.25) is 0 Å². The zero-order chi connectivity index (χ0) is 9.84. The molecule has 0 unspecified atom stereocenters. The molecule has 0 aliphatic heterocycles. The third kappa shape index (κ3) is 2.05. The summed E-state index contributed by atoms with van der Waals surface area (Å²) in [6.07, 6.45) is 1.73. The first-order valence-electron chi connectivity index (χ1n) is 4.27. The van der Waals surface area contributed by atoms with Gasteiger partial charge in [-0.15, -0.1) is 0 Å². The van der Waals surface area contributed by atoms with E-state index < -0.39 is 0 Å². The van der Waals surface area contributed by atoms with E-state index in [1.165, 1.54) is 13.2 Å². The maximum atomic E-state index is 9.43. The predicted molar refractivity (Wildman–Crippen MR) is 50.3 cm³/mol. The van der Waals surface area contributed by atoms with Crippen molar-refractivity contribution in [2.75, 3.05) is 7.11 Å². The van der Waals surface area contributed by atoms with Crippen molar-refractivity contribution in [1.82, 2.24) is 0 Å². The van der Waals surface area contributed by atoms with Crippen LogP contribution < -0.4 is 4.74 Å². The summed E-state index contributed by atoms with van der Waals surface area (Å²) in [7, 11) is 1.49. The molecule has 0 fully saturated rings. The molecule has 3 heteroatoms. The summed E-state index contributed by atoms with van der Waals surface area (Å²) in [5, 5.41) is 18.7. The monoisotopic (exact) mass is 182 g/mol. The molecule has 0 heterocycles. The van der Waals surface area contributed by atoms with Gasteiger partial charge in [0.05, 0.1) is 7.11 Å². The molecule has 0 amide bonds. The fraction of sp³-hybridized carbons (Fsp3) is 0.400. The Bertz CT molecular complexity index is 294. The largest absolute Gasteiger partial charge is 0.508 e. The molecule has 0 saturated heterocycles. The van der Waals surface area contributed by atoms with Crippen LogP contribution >= 0.6 is 0 Å². The van der Waals surface area contributed by atoms with Gasteiger partial charge in [0.15, 0.2) is 11.5 Å². The van der Waals surface area contributed by atoms with Gasteiger partial charge in [0.1, 0.15) is 5.75 Å². The van der Waals surface area contributed by atoms with Crippen molar-refractivity contribution in [2.45, 2.75) is 19.8 Å². The molecule has 0 bridgehead atoms. The van der Waals surface area contributed by atoms with E-state index in [0.717, 1.165) is 18.4 Å². The minimum Gasteiger partial charge on any atom is -0.508 e. The average molecular weight is 182 g/mol. The normalized spacial score (nSPS) is 10.0. The first kappa shape index (κ1) is 9.71. The Morgan fingerprint density at radius 1 is 1.23 bits per heavy atom. The van der Waals surface area contributed by atoms with Crippen LogP contribution in [-0.2, 0) is 6.42 Å². The first-order chi connectivity index (χ1) is 6.19. The van der Waals surface area contributed by atoms with E-state index in [9.17, 15) is 10.2 Å². The second-order valence-electron chi connectivity index (χ2n) is 2.90. The molecule has 2 N–H and O–H groups in total. The van der Waals surface area contributed by atoms with Gasteiger partial charge in [-0.05, 0) is 18.1 Å². The van der Waals surface area contributed by atoms with Crippen molar-refractivity contribution in [2.24, 2.45) is 0 Å². The Hall–Kier alpha value is -1.38. The minimum absolute atomic E-state index is 0.0279. The van der Waals surface area contributed by atoms with Crippen molar-refractivity contribution < 1.29 is 14.9 Å². The summed E-state index contributed by atoms with van der Waals surface area (Å²) >= 11 is 0. The standard InChI is InChI=1S/C10H14O3/c1-3-4-7-5-10(13-2)9(12)6-8(7)11/h5-6,11-12H,3-4H2,1-2H3. The number of methoxy groups -OCH3 is 1. The minimum atomic E-state index is -0.0279. The number of hydrogen-bond donors (Lipinski definition) is 2. The third-order valence-corrected chi connectivity index (χ3v) is 1.90. The number of rotatable bonds is 3. The maximum Gasteiger partial charge on any atom is 0.161 e. The molecular formula is C10H14O3. The Kier molecular flexibility index (Phi) is 3.01. The van der Waals surface area contributed by atoms with Gasteiger partial charge in [-0.2, -0.15) is 0 Å². The molecule has 0 aromatic heterocycles. The smallest absolute Gasteiger partial charge is 0.161 e. The van der Waals surface area contributed by atoms with E-state index in [-0.39, 0.29) is 11.5 Å². The van der Waals surface area contributed by atoms with Gasteiger partial charge in [-0.25, -0.2) is 0 Å². The van der Waals surface area contributed by atoms with Crippen LogP contribution in [0.4, 0.5) is 0 Å². The Balaban J connectivity index is 3.06. The second-order valence-corrected chi connectivity index (χ2v) is 2.90. The molecule has 0 aliphatic carbocycles. The Morgan fingerprint density at radius 2 is 1.92 bits per heavy atom. The number of aryl methyl sites for hydroxylation is 1. The van der Waals surface area contributed by atoms with Gasteiger partial charge in [0.25, 0.3) is 0 Å². The molecule has 0 aliphatic rings. The van der Waals surface area contributed by atoms with Crippen LogP contribution in [0.3, 0.4) is 0 Å². The summed E-state index contributed by atoms with van der Waals surface area (Å²) in [5.74, 6) is 0.501. The number of aromatic hydroxyl groups is 2. The number of hydrogen-bond acceptors (Lipinski definition) is 3. The molecule has 72 valence electrons. The Labute approximate surface area is 77.6 Å². The van der Waals surface area contributed by atoms with E-state index >= 15 is 0 Å². The number of benzene rings is 1. The quantitative estimate of drug-likeness (QED) is 0.752. The molecule has 13 heavy (non-hydrogen) atoms. The van der Waals surface area contributed by atoms with Crippen LogP contribution in [0.15, 0.2) is 12.1 Å². The van der Waals surface area contributed by atoms with Crippen molar-refractivity contribution in [3.63, 3.8) is 0 Å². The van der Waals surface area contributed by atoms with E-state index in [0.29, 0.717) is 5.75 Å². The van der Waals surface area contributed by atoms with Gasteiger partial charge in [-0.1, -0.05) is 13.3 Å². The van der Waals surface area contributed by atoms with Crippen molar-refractivity contribution in [1.29, 1.82) is 0 Å². The zero-order valence-corrected chi connectivity index (χ0v) is 7.87. The molecule has 0 saturated carbocycles. The number of phenolic OH excluding ortho intramolecular Hbond substituents is 2. The van der Waals surface area contributed by atoms with Crippen LogP contribution in [0.2, 0.25) is 0 Å². The second kappa shape index (κ2) is 4.03. The average Bonchev–Trinajstić information content (AvgIpc) is 2.10. The van der Waals surface area contributed by atoms with Crippen molar-refractivity contribution in [3.8, 4) is 17.2 Å². The zero-order valence-electron chi connectivity index (χ0n) is 7.87. The van der Waals surface area contributed by atoms with E-state index in [2.05, 4.69) is 0 Å². The predicted octanol–water partition coefficient (Wildman–Crippen LogP) is 2.06. The van der Waals surface area contributed by atoms with Crippen molar-refractivity contribution >= 4 is 0 Å². The molecule has 1 aromatic rings. The number of ether oxygens (including phenoxy) is 1. The molecule has 0 radical (unpaired) electrons. The molecule has 0 atom stereocenters. The van der Waals surface area contributed by atoms with Crippen LogP contribution in [0.1, 0.15) is 18.9 Å². The summed E-state index contributed by atoms with van der Waals surface area (Å²) < 4.78 is 4.93. The van der Waals surface area contributed by atoms with E-state index in [1.54, 1.807) is 6.07 Å². The highest BCUT2D eigenvalue weighted by molar-refractivity contribution is 5.49. The van der Waals surface area contributed by atoms with Crippen LogP contribution in [-0.4, -0.2) is 17.3 Å². The molecular weight excluding hydrogens is 168 g/mol. The van der Waals surface area contributed by atoms with Gasteiger partial charge in [0, 0.05) is 6.07 Å². The summed E-state index contributed by atoms with van der Waals surface area (Å²) in [6, 6.07) is 2.97. The highest BCUT2D eigenvalue weighted by atomic mass is 16.5. The fourth-order valence-electron chi connectivity index (χ4n) is 1.23. The van der Waals surface area contributed by atoms with Crippen molar-refractivity contribution in [3.05, 3.63) is 17.7 Å². The van der Waals surface area contributed by atoms with Gasteiger partial charge < -0.3 is 14.9 Å². The van der Waals surface area contributed by atoms with Crippen LogP contribution in [0.25, 0.3) is 0 Å². The molecule has 0 spiro atoms. The van der Waals surface area contributed by atoms with Crippen LogP contribution in [0, 0.1) is 0 Å².